The van der Waals surface area contributed by atoms with E-state index in [-0.39, 0.29) is 0 Å². The molecule has 1 atom stereocenters. The molecule has 1 saturated heterocycles. The second-order valence-electron chi connectivity index (χ2n) is 4.07. The minimum absolute atomic E-state index is 0.390. The summed E-state index contributed by atoms with van der Waals surface area (Å²) in [7, 11) is 0. The monoisotopic (exact) mass is 284 g/mol. The van der Waals surface area contributed by atoms with Crippen molar-refractivity contribution >= 4 is 15.9 Å². The lowest BCUT2D eigenvalue weighted by atomic mass is 10.1. The van der Waals surface area contributed by atoms with Gasteiger partial charge in [0.25, 0.3) is 0 Å². The molecular weight excluding hydrogens is 268 g/mol. The molecule has 1 aromatic rings. The summed E-state index contributed by atoms with van der Waals surface area (Å²) in [5, 5.41) is 3.39. The van der Waals surface area contributed by atoms with Crippen LogP contribution in [-0.2, 0) is 11.3 Å². The van der Waals surface area contributed by atoms with Gasteiger partial charge in [-0.3, -0.25) is 0 Å². The van der Waals surface area contributed by atoms with Crippen molar-refractivity contribution in [3.8, 4) is 0 Å². The van der Waals surface area contributed by atoms with E-state index in [0.717, 1.165) is 30.0 Å². The van der Waals surface area contributed by atoms with Gasteiger partial charge in [0, 0.05) is 19.7 Å². The minimum Gasteiger partial charge on any atom is -0.377 e. The summed E-state index contributed by atoms with van der Waals surface area (Å²) in [5.74, 6) is 0. The van der Waals surface area contributed by atoms with E-state index in [1.54, 1.807) is 0 Å². The van der Waals surface area contributed by atoms with Crippen LogP contribution in [0.15, 0.2) is 22.8 Å². The highest BCUT2D eigenvalue weighted by Crippen LogP contribution is 2.12. The average Bonchev–Trinajstić information content (AvgIpc) is 2.30. The van der Waals surface area contributed by atoms with Crippen molar-refractivity contribution in [3.05, 3.63) is 28.5 Å². The molecule has 1 fully saturated rings. The lowest BCUT2D eigenvalue weighted by Crippen LogP contribution is -2.31. The topological polar surface area (TPSA) is 34.1 Å². The second kappa shape index (κ2) is 6.33. The van der Waals surface area contributed by atoms with Gasteiger partial charge in [0.05, 0.1) is 11.8 Å². The molecule has 2 rings (SSSR count). The molecule has 4 heteroatoms. The fourth-order valence-electron chi connectivity index (χ4n) is 1.88. The zero-order valence-corrected chi connectivity index (χ0v) is 10.9. The Balaban J connectivity index is 1.71. The van der Waals surface area contributed by atoms with E-state index in [2.05, 4.69) is 26.2 Å². The maximum atomic E-state index is 5.65. The van der Waals surface area contributed by atoms with Crippen LogP contribution in [0.2, 0.25) is 0 Å². The molecule has 0 bridgehead atoms. The Kier molecular flexibility index (Phi) is 4.75. The van der Waals surface area contributed by atoms with E-state index >= 15 is 0 Å². The number of aromatic nitrogens is 1. The van der Waals surface area contributed by atoms with Crippen LogP contribution in [0.5, 0.6) is 0 Å². The summed E-state index contributed by atoms with van der Waals surface area (Å²) >= 11 is 3.37. The number of rotatable bonds is 4. The third kappa shape index (κ3) is 3.85. The van der Waals surface area contributed by atoms with Gasteiger partial charge >= 0.3 is 0 Å². The number of halogens is 1. The number of hydrogen-bond acceptors (Lipinski definition) is 3. The van der Waals surface area contributed by atoms with Crippen LogP contribution in [0.4, 0.5) is 0 Å². The number of nitrogens with zero attached hydrogens (tertiary/aromatic N) is 1. The van der Waals surface area contributed by atoms with Gasteiger partial charge in [-0.15, -0.1) is 0 Å². The molecule has 1 N–H and O–H groups in total. The van der Waals surface area contributed by atoms with Gasteiger partial charge in [-0.2, -0.15) is 0 Å². The minimum atomic E-state index is 0.390. The predicted octanol–water partition coefficient (Wildman–Crippen LogP) is 2.50. The summed E-state index contributed by atoms with van der Waals surface area (Å²) in [6.45, 7) is 2.65. The lowest BCUT2D eigenvalue weighted by Gasteiger charge is -2.22. The van der Waals surface area contributed by atoms with Gasteiger partial charge in [-0.25, -0.2) is 4.98 Å². The Labute approximate surface area is 105 Å². The number of hydrogen-bond donors (Lipinski definition) is 1. The third-order valence-electron chi connectivity index (χ3n) is 2.72. The molecule has 0 radical (unpaired) electrons. The third-order valence-corrected chi connectivity index (χ3v) is 3.17. The van der Waals surface area contributed by atoms with E-state index in [1.165, 1.54) is 19.3 Å². The van der Waals surface area contributed by atoms with Crippen LogP contribution in [0, 0.1) is 0 Å². The van der Waals surface area contributed by atoms with Crippen LogP contribution in [0.3, 0.4) is 0 Å². The molecule has 0 saturated carbocycles. The van der Waals surface area contributed by atoms with Gasteiger partial charge < -0.3 is 10.1 Å². The summed E-state index contributed by atoms with van der Waals surface area (Å²) in [4.78, 5) is 4.37. The van der Waals surface area contributed by atoms with Gasteiger partial charge in [0.15, 0.2) is 0 Å². The first kappa shape index (κ1) is 12.0. The van der Waals surface area contributed by atoms with E-state index in [4.69, 9.17) is 4.74 Å². The molecule has 0 aliphatic carbocycles. The van der Waals surface area contributed by atoms with E-state index in [1.807, 2.05) is 18.2 Å². The largest absolute Gasteiger partial charge is 0.377 e. The molecule has 0 amide bonds. The standard InChI is InChI=1S/C12H17BrN2O/c13-12-6-3-4-10(15-12)8-14-9-11-5-1-2-7-16-11/h3-4,6,11,14H,1-2,5,7-9H2. The Morgan fingerprint density at radius 3 is 3.12 bits per heavy atom. The maximum absolute atomic E-state index is 5.65. The smallest absolute Gasteiger partial charge is 0.106 e. The summed E-state index contributed by atoms with van der Waals surface area (Å²) < 4.78 is 6.54. The van der Waals surface area contributed by atoms with Crippen molar-refractivity contribution < 1.29 is 4.74 Å². The van der Waals surface area contributed by atoms with E-state index < -0.39 is 0 Å². The zero-order valence-electron chi connectivity index (χ0n) is 9.29. The second-order valence-corrected chi connectivity index (χ2v) is 4.88. The highest BCUT2D eigenvalue weighted by atomic mass is 79.9. The Bertz CT molecular complexity index is 327. The number of pyridine rings is 1. The SMILES string of the molecule is Brc1cccc(CNCC2CCCCO2)n1. The fraction of sp³-hybridized carbons (Fsp3) is 0.583. The fourth-order valence-corrected chi connectivity index (χ4v) is 2.26. The maximum Gasteiger partial charge on any atom is 0.106 e. The van der Waals surface area contributed by atoms with Gasteiger partial charge in [0.1, 0.15) is 4.60 Å². The first-order valence-corrected chi connectivity index (χ1v) is 6.57. The quantitative estimate of drug-likeness (QED) is 0.863. The number of nitrogens with one attached hydrogen (secondary N) is 1. The van der Waals surface area contributed by atoms with E-state index in [0.29, 0.717) is 6.10 Å². The Morgan fingerprint density at radius 2 is 2.38 bits per heavy atom. The van der Waals surface area contributed by atoms with Gasteiger partial charge in [-0.1, -0.05) is 6.07 Å². The normalized spacial score (nSPS) is 20.9. The number of ether oxygens (including phenoxy) is 1. The highest BCUT2D eigenvalue weighted by molar-refractivity contribution is 9.10. The molecule has 0 aromatic carbocycles. The molecule has 16 heavy (non-hydrogen) atoms. The first-order valence-electron chi connectivity index (χ1n) is 5.78. The van der Waals surface area contributed by atoms with Crippen LogP contribution in [0.25, 0.3) is 0 Å². The van der Waals surface area contributed by atoms with Crippen molar-refractivity contribution in [1.29, 1.82) is 0 Å². The molecule has 2 heterocycles. The van der Waals surface area contributed by atoms with Gasteiger partial charge in [0.2, 0.25) is 0 Å². The molecule has 3 nitrogen and oxygen atoms in total. The molecule has 1 aromatic heterocycles. The Hall–Kier alpha value is -0.450. The van der Waals surface area contributed by atoms with Gasteiger partial charge in [-0.05, 0) is 47.3 Å². The zero-order chi connectivity index (χ0) is 11.2. The molecule has 0 spiro atoms. The van der Waals surface area contributed by atoms with Crippen LogP contribution < -0.4 is 5.32 Å². The summed E-state index contributed by atoms with van der Waals surface area (Å²) in [5.41, 5.74) is 1.06. The van der Waals surface area contributed by atoms with E-state index in [9.17, 15) is 0 Å². The average molecular weight is 285 g/mol. The molecular formula is C12H17BrN2O. The summed E-state index contributed by atoms with van der Waals surface area (Å²) in [6.07, 6.45) is 4.07. The molecule has 88 valence electrons. The lowest BCUT2D eigenvalue weighted by molar-refractivity contribution is 0.0167. The van der Waals surface area contributed by atoms with Crippen molar-refractivity contribution in [3.63, 3.8) is 0 Å². The molecule has 1 unspecified atom stereocenters. The van der Waals surface area contributed by atoms with Crippen molar-refractivity contribution in [2.24, 2.45) is 0 Å². The van der Waals surface area contributed by atoms with Crippen LogP contribution in [0.1, 0.15) is 25.0 Å². The first-order chi connectivity index (χ1) is 7.84. The van der Waals surface area contributed by atoms with Crippen molar-refractivity contribution in [1.82, 2.24) is 10.3 Å². The van der Waals surface area contributed by atoms with Crippen molar-refractivity contribution in [2.75, 3.05) is 13.2 Å². The van der Waals surface area contributed by atoms with Crippen LogP contribution in [-0.4, -0.2) is 24.2 Å². The van der Waals surface area contributed by atoms with Crippen LogP contribution >= 0.6 is 15.9 Å². The van der Waals surface area contributed by atoms with Crippen molar-refractivity contribution in [2.45, 2.75) is 31.9 Å². The highest BCUT2D eigenvalue weighted by Gasteiger charge is 2.12. The molecule has 1 aliphatic heterocycles. The summed E-state index contributed by atoms with van der Waals surface area (Å²) in [6, 6.07) is 5.97. The molecule has 1 aliphatic rings. The predicted molar refractivity (Wildman–Crippen MR) is 67.2 cm³/mol. The Morgan fingerprint density at radius 1 is 1.44 bits per heavy atom.